The number of aromatic nitrogens is 2. The van der Waals surface area contributed by atoms with Gasteiger partial charge >= 0.3 is 5.97 Å². The Hall–Kier alpha value is -2.65. The van der Waals surface area contributed by atoms with Crippen molar-refractivity contribution < 1.29 is 9.53 Å². The first-order valence-corrected chi connectivity index (χ1v) is 12.8. The van der Waals surface area contributed by atoms with Crippen molar-refractivity contribution in [2.24, 2.45) is 12.5 Å². The van der Waals surface area contributed by atoms with Gasteiger partial charge in [0.15, 0.2) is 5.76 Å². The van der Waals surface area contributed by atoms with E-state index >= 15 is 0 Å². The molecule has 0 aliphatic rings. The van der Waals surface area contributed by atoms with Gasteiger partial charge in [0.2, 0.25) is 0 Å². The molecule has 0 atom stereocenters. The SMILES string of the molecule is Cc1cc(/C(OC(=O)C(C)(C)C)=C(\C#N)c2ccc([Si](C)(C)C)cc2)n(C)n1. The summed E-state index contributed by atoms with van der Waals surface area (Å²) in [5.74, 6) is -0.154. The summed E-state index contributed by atoms with van der Waals surface area (Å²) in [4.78, 5) is 12.6. The van der Waals surface area contributed by atoms with Crippen LogP contribution in [0.15, 0.2) is 30.3 Å². The van der Waals surface area contributed by atoms with E-state index < -0.39 is 19.5 Å². The molecule has 28 heavy (non-hydrogen) atoms. The van der Waals surface area contributed by atoms with Crippen molar-refractivity contribution in [2.75, 3.05) is 0 Å². The molecular formula is C22H29N3O2Si. The zero-order valence-corrected chi connectivity index (χ0v) is 19.0. The second-order valence-electron chi connectivity index (χ2n) is 9.08. The number of nitrogens with zero attached hydrogens (tertiary/aromatic N) is 3. The van der Waals surface area contributed by atoms with E-state index in [9.17, 15) is 10.1 Å². The first-order valence-electron chi connectivity index (χ1n) is 9.33. The van der Waals surface area contributed by atoms with E-state index in [-0.39, 0.29) is 5.76 Å². The molecule has 0 aliphatic heterocycles. The molecule has 0 amide bonds. The van der Waals surface area contributed by atoms with Crippen molar-refractivity contribution in [2.45, 2.75) is 47.3 Å². The molecule has 0 fully saturated rings. The number of hydrogen-bond donors (Lipinski definition) is 0. The fourth-order valence-corrected chi connectivity index (χ4v) is 3.85. The second-order valence-corrected chi connectivity index (χ2v) is 14.2. The molecule has 0 N–H and O–H groups in total. The maximum Gasteiger partial charge on any atom is 0.316 e. The molecule has 6 heteroatoms. The van der Waals surface area contributed by atoms with Crippen LogP contribution in [-0.2, 0) is 16.6 Å². The average Bonchev–Trinajstić information content (AvgIpc) is 2.91. The summed E-state index contributed by atoms with van der Waals surface area (Å²) >= 11 is 0. The van der Waals surface area contributed by atoms with Crippen LogP contribution in [0.2, 0.25) is 19.6 Å². The molecule has 0 unspecified atom stereocenters. The maximum atomic E-state index is 12.6. The molecule has 2 aromatic rings. The number of carbonyl (C=O) groups excluding carboxylic acids is 1. The summed E-state index contributed by atoms with van der Waals surface area (Å²) in [6, 6.07) is 12.1. The Morgan fingerprint density at radius 1 is 1.18 bits per heavy atom. The highest BCUT2D eigenvalue weighted by Crippen LogP contribution is 2.30. The number of esters is 1. The minimum Gasteiger partial charge on any atom is -0.422 e. The molecule has 1 aromatic heterocycles. The number of allylic oxidation sites excluding steroid dienone is 1. The van der Waals surface area contributed by atoms with E-state index in [1.807, 2.05) is 25.1 Å². The lowest BCUT2D eigenvalue weighted by Gasteiger charge is -2.20. The molecule has 1 heterocycles. The molecule has 0 saturated heterocycles. The number of aryl methyl sites for hydroxylation is 2. The average molecular weight is 396 g/mol. The summed E-state index contributed by atoms with van der Waals surface area (Å²) in [7, 11) is 0.327. The van der Waals surface area contributed by atoms with Crippen molar-refractivity contribution in [1.82, 2.24) is 9.78 Å². The minimum absolute atomic E-state index is 0.242. The lowest BCUT2D eigenvalue weighted by molar-refractivity contribution is -0.145. The Kier molecular flexibility index (Phi) is 6.00. The first kappa shape index (κ1) is 21.6. The summed E-state index contributed by atoms with van der Waals surface area (Å²) in [5.41, 5.74) is 1.73. The van der Waals surface area contributed by atoms with Gasteiger partial charge < -0.3 is 4.74 Å². The van der Waals surface area contributed by atoms with Gasteiger partial charge in [-0.1, -0.05) is 49.1 Å². The lowest BCUT2D eigenvalue weighted by Crippen LogP contribution is -2.37. The van der Waals surface area contributed by atoms with Crippen molar-refractivity contribution in [3.05, 3.63) is 47.3 Å². The molecule has 0 radical (unpaired) electrons. The fraction of sp³-hybridized carbons (Fsp3) is 0.409. The zero-order chi connectivity index (χ0) is 21.3. The number of rotatable bonds is 4. The molecule has 1 aromatic carbocycles. The van der Waals surface area contributed by atoms with Crippen LogP contribution in [0.5, 0.6) is 0 Å². The van der Waals surface area contributed by atoms with E-state index in [2.05, 4.69) is 42.9 Å². The van der Waals surface area contributed by atoms with Crippen LogP contribution in [0.25, 0.3) is 11.3 Å². The van der Waals surface area contributed by atoms with Crippen LogP contribution in [0.4, 0.5) is 0 Å². The van der Waals surface area contributed by atoms with Crippen LogP contribution in [0.1, 0.15) is 37.7 Å². The summed E-state index contributed by atoms with van der Waals surface area (Å²) < 4.78 is 7.40. The van der Waals surface area contributed by atoms with Gasteiger partial charge in [-0.2, -0.15) is 10.4 Å². The third-order valence-corrected chi connectivity index (χ3v) is 6.49. The second kappa shape index (κ2) is 7.76. The first-order chi connectivity index (χ1) is 12.8. The molecule has 0 spiro atoms. The summed E-state index contributed by atoms with van der Waals surface area (Å²) in [5, 5.41) is 15.6. The van der Waals surface area contributed by atoms with Gasteiger partial charge in [0.25, 0.3) is 0 Å². The van der Waals surface area contributed by atoms with E-state index in [0.29, 0.717) is 11.3 Å². The zero-order valence-electron chi connectivity index (χ0n) is 18.0. The van der Waals surface area contributed by atoms with Crippen molar-refractivity contribution in [3.63, 3.8) is 0 Å². The Morgan fingerprint density at radius 2 is 1.75 bits per heavy atom. The molecular weight excluding hydrogens is 366 g/mol. The van der Waals surface area contributed by atoms with Gasteiger partial charge in [0, 0.05) is 7.05 Å². The van der Waals surface area contributed by atoms with E-state index in [0.717, 1.165) is 11.3 Å². The number of ether oxygens (including phenoxy) is 1. The van der Waals surface area contributed by atoms with Crippen LogP contribution in [0.3, 0.4) is 0 Å². The molecule has 2 rings (SSSR count). The standard InChI is InChI=1S/C22H29N3O2Si/c1-15-13-19(25(5)24-15)20(27-21(26)22(2,3)4)18(14-23)16-9-11-17(12-10-16)28(6,7)8/h9-13H,1-8H3/b20-18-. The highest BCUT2D eigenvalue weighted by atomic mass is 28.3. The fourth-order valence-electron chi connectivity index (χ4n) is 2.68. The quantitative estimate of drug-likeness (QED) is 0.336. The van der Waals surface area contributed by atoms with Gasteiger partial charge in [-0.05, 0) is 39.3 Å². The van der Waals surface area contributed by atoms with Crippen LogP contribution < -0.4 is 5.19 Å². The lowest BCUT2D eigenvalue weighted by atomic mass is 9.97. The topological polar surface area (TPSA) is 67.9 Å². The number of carbonyl (C=O) groups is 1. The third-order valence-electron chi connectivity index (χ3n) is 4.42. The van der Waals surface area contributed by atoms with Gasteiger partial charge in [-0.3, -0.25) is 9.48 Å². The molecule has 5 nitrogen and oxygen atoms in total. The monoisotopic (exact) mass is 395 g/mol. The van der Waals surface area contributed by atoms with Crippen LogP contribution in [0, 0.1) is 23.7 Å². The van der Waals surface area contributed by atoms with Crippen molar-refractivity contribution in [3.8, 4) is 6.07 Å². The van der Waals surface area contributed by atoms with Crippen molar-refractivity contribution >= 4 is 30.6 Å². The van der Waals surface area contributed by atoms with Gasteiger partial charge in [-0.25, -0.2) is 0 Å². The molecule has 0 aliphatic carbocycles. The number of benzene rings is 1. The van der Waals surface area contributed by atoms with E-state index in [1.54, 1.807) is 32.5 Å². The Balaban J connectivity index is 2.66. The minimum atomic E-state index is -1.45. The Labute approximate surface area is 168 Å². The molecule has 0 saturated carbocycles. The van der Waals surface area contributed by atoms with Gasteiger partial charge in [-0.15, -0.1) is 0 Å². The number of nitriles is 1. The summed E-state index contributed by atoms with van der Waals surface area (Å²) in [6.07, 6.45) is 0. The highest BCUT2D eigenvalue weighted by Gasteiger charge is 2.28. The maximum absolute atomic E-state index is 12.6. The van der Waals surface area contributed by atoms with E-state index in [1.165, 1.54) is 5.19 Å². The van der Waals surface area contributed by atoms with E-state index in [4.69, 9.17) is 4.74 Å². The predicted molar refractivity (Wildman–Crippen MR) is 115 cm³/mol. The Bertz CT molecular complexity index is 950. The predicted octanol–water partition coefficient (Wildman–Crippen LogP) is 4.25. The largest absolute Gasteiger partial charge is 0.422 e. The Morgan fingerprint density at radius 3 is 2.14 bits per heavy atom. The normalized spacial score (nSPS) is 13.0. The van der Waals surface area contributed by atoms with Gasteiger partial charge in [0.1, 0.15) is 17.3 Å². The number of hydrogen-bond acceptors (Lipinski definition) is 4. The van der Waals surface area contributed by atoms with Crippen LogP contribution in [-0.4, -0.2) is 23.8 Å². The molecule has 148 valence electrons. The van der Waals surface area contributed by atoms with Gasteiger partial charge in [0.05, 0.1) is 19.2 Å². The summed E-state index contributed by atoms with van der Waals surface area (Å²) in [6.45, 7) is 14.1. The smallest absolute Gasteiger partial charge is 0.316 e. The highest BCUT2D eigenvalue weighted by molar-refractivity contribution is 6.88. The van der Waals surface area contributed by atoms with Crippen LogP contribution >= 0.6 is 0 Å². The van der Waals surface area contributed by atoms with Crippen molar-refractivity contribution in [1.29, 1.82) is 5.26 Å². The third kappa shape index (κ3) is 4.79. The molecule has 0 bridgehead atoms.